The van der Waals surface area contributed by atoms with Crippen LogP contribution in [0, 0.1) is 0 Å². The summed E-state index contributed by atoms with van der Waals surface area (Å²) in [5.41, 5.74) is 0.358. The van der Waals surface area contributed by atoms with E-state index in [1.807, 2.05) is 0 Å². The fraction of sp³-hybridized carbons (Fsp3) is 0.556. The Morgan fingerprint density at radius 1 is 1.07 bits per heavy atom. The summed E-state index contributed by atoms with van der Waals surface area (Å²) in [4.78, 5) is 24.0. The number of likely N-dealkylation sites (tertiary alicyclic amines) is 1. The van der Waals surface area contributed by atoms with Gasteiger partial charge in [-0.1, -0.05) is 0 Å². The van der Waals surface area contributed by atoms with Crippen molar-refractivity contribution in [1.82, 2.24) is 15.5 Å². The molecule has 2 rings (SSSR count). The van der Waals surface area contributed by atoms with Crippen LogP contribution < -0.4 is 10.6 Å². The fourth-order valence-electron chi connectivity index (χ4n) is 1.70. The molecule has 0 saturated carbocycles. The van der Waals surface area contributed by atoms with Crippen molar-refractivity contribution in [2.45, 2.75) is 19.3 Å². The van der Waals surface area contributed by atoms with Crippen molar-refractivity contribution in [3.8, 4) is 0 Å². The summed E-state index contributed by atoms with van der Waals surface area (Å²) < 4.78 is 0. The molecule has 0 aromatic rings. The van der Waals surface area contributed by atoms with Crippen LogP contribution in [0.15, 0.2) is 11.9 Å². The van der Waals surface area contributed by atoms with E-state index in [1.165, 1.54) is 6.42 Å². The molecule has 3 amide bonds. The van der Waals surface area contributed by atoms with Gasteiger partial charge in [0.05, 0.1) is 0 Å². The summed E-state index contributed by atoms with van der Waals surface area (Å²) >= 11 is 0. The van der Waals surface area contributed by atoms with Gasteiger partial charge in [0, 0.05) is 19.3 Å². The summed E-state index contributed by atoms with van der Waals surface area (Å²) in [7, 11) is 0. The third kappa shape index (κ3) is 1.86. The molecule has 0 radical (unpaired) electrons. The highest BCUT2D eigenvalue weighted by Gasteiger charge is 2.23. The van der Waals surface area contributed by atoms with Crippen LogP contribution in [0.25, 0.3) is 0 Å². The molecule has 2 fully saturated rings. The average molecular weight is 195 g/mol. The number of amides is 3. The van der Waals surface area contributed by atoms with Crippen LogP contribution in [0.3, 0.4) is 0 Å². The number of nitrogens with one attached hydrogen (secondary N) is 2. The lowest BCUT2D eigenvalue weighted by atomic mass is 10.1. The third-order valence-electron chi connectivity index (χ3n) is 2.42. The van der Waals surface area contributed by atoms with E-state index in [2.05, 4.69) is 15.5 Å². The average Bonchev–Trinajstić information content (AvgIpc) is 2.47. The molecule has 2 N–H and O–H groups in total. The van der Waals surface area contributed by atoms with Crippen molar-refractivity contribution in [1.29, 1.82) is 0 Å². The number of nitrogens with zero attached hydrogens (tertiary/aromatic N) is 1. The van der Waals surface area contributed by atoms with Gasteiger partial charge < -0.3 is 10.2 Å². The maximum absolute atomic E-state index is 11.2. The Labute approximate surface area is 82.1 Å². The van der Waals surface area contributed by atoms with Gasteiger partial charge in [0.15, 0.2) is 0 Å². The van der Waals surface area contributed by atoms with Gasteiger partial charge in [0.25, 0.3) is 5.91 Å². The Bertz CT molecular complexity index is 292. The van der Waals surface area contributed by atoms with Crippen LogP contribution >= 0.6 is 0 Å². The second-order valence-electron chi connectivity index (χ2n) is 3.55. The van der Waals surface area contributed by atoms with Crippen LogP contribution in [0.2, 0.25) is 0 Å². The largest absolute Gasteiger partial charge is 0.376 e. The van der Waals surface area contributed by atoms with E-state index in [9.17, 15) is 9.59 Å². The fourth-order valence-corrected chi connectivity index (χ4v) is 1.70. The molecule has 2 aliphatic rings. The minimum absolute atomic E-state index is 0.333. The zero-order valence-corrected chi connectivity index (χ0v) is 7.88. The topological polar surface area (TPSA) is 61.4 Å². The summed E-state index contributed by atoms with van der Waals surface area (Å²) in [6, 6.07) is -0.432. The molecule has 0 bridgehead atoms. The highest BCUT2D eigenvalue weighted by molar-refractivity contribution is 6.11. The highest BCUT2D eigenvalue weighted by atomic mass is 16.2. The Morgan fingerprint density at radius 3 is 2.36 bits per heavy atom. The first-order valence-corrected chi connectivity index (χ1v) is 4.84. The van der Waals surface area contributed by atoms with E-state index in [4.69, 9.17) is 0 Å². The standard InChI is InChI=1S/C9H13N3O2/c13-8-7(10-9(14)11-8)6-12-4-2-1-3-5-12/h6H,1-5H2,(H2,10,11,13,14)/b7-6-. The Balaban J connectivity index is 2.02. The summed E-state index contributed by atoms with van der Waals surface area (Å²) in [6.07, 6.45) is 5.29. The second kappa shape index (κ2) is 3.69. The van der Waals surface area contributed by atoms with Gasteiger partial charge in [-0.3, -0.25) is 10.1 Å². The maximum atomic E-state index is 11.2. The van der Waals surface area contributed by atoms with E-state index in [1.54, 1.807) is 6.20 Å². The molecule has 0 aromatic heterocycles. The van der Waals surface area contributed by atoms with Gasteiger partial charge in [-0.25, -0.2) is 4.79 Å². The molecule has 0 aromatic carbocycles. The first-order valence-electron chi connectivity index (χ1n) is 4.84. The molecule has 2 saturated heterocycles. The smallest absolute Gasteiger partial charge is 0.326 e. The summed E-state index contributed by atoms with van der Waals surface area (Å²) in [6.45, 7) is 1.93. The lowest BCUT2D eigenvalue weighted by Gasteiger charge is -2.25. The van der Waals surface area contributed by atoms with Crippen molar-refractivity contribution >= 4 is 11.9 Å². The Kier molecular flexibility index (Phi) is 2.39. The number of piperidine rings is 1. The van der Waals surface area contributed by atoms with E-state index < -0.39 is 6.03 Å². The zero-order chi connectivity index (χ0) is 9.97. The van der Waals surface area contributed by atoms with E-state index in [-0.39, 0.29) is 5.91 Å². The van der Waals surface area contributed by atoms with E-state index in [0.717, 1.165) is 25.9 Å². The van der Waals surface area contributed by atoms with Crippen molar-refractivity contribution in [3.63, 3.8) is 0 Å². The van der Waals surface area contributed by atoms with Gasteiger partial charge in [-0.2, -0.15) is 0 Å². The first-order chi connectivity index (χ1) is 6.75. The quantitative estimate of drug-likeness (QED) is 0.462. The zero-order valence-electron chi connectivity index (χ0n) is 7.88. The molecule has 0 spiro atoms. The van der Waals surface area contributed by atoms with Gasteiger partial charge in [0.2, 0.25) is 0 Å². The second-order valence-corrected chi connectivity index (χ2v) is 3.55. The predicted octanol–water partition coefficient (Wildman–Crippen LogP) is 0.153. The summed E-state index contributed by atoms with van der Waals surface area (Å²) in [5, 5.41) is 4.64. The molecule has 76 valence electrons. The number of urea groups is 1. The van der Waals surface area contributed by atoms with Gasteiger partial charge in [-0.05, 0) is 19.3 Å². The van der Waals surface area contributed by atoms with Crippen LogP contribution in [0.1, 0.15) is 19.3 Å². The molecule has 0 unspecified atom stereocenters. The maximum Gasteiger partial charge on any atom is 0.326 e. The van der Waals surface area contributed by atoms with Crippen molar-refractivity contribution in [2.75, 3.05) is 13.1 Å². The van der Waals surface area contributed by atoms with Crippen molar-refractivity contribution in [3.05, 3.63) is 11.9 Å². The number of imide groups is 1. The Morgan fingerprint density at radius 2 is 1.79 bits per heavy atom. The lowest BCUT2D eigenvalue weighted by Crippen LogP contribution is -2.26. The number of hydrogen-bond acceptors (Lipinski definition) is 3. The molecule has 2 aliphatic heterocycles. The highest BCUT2D eigenvalue weighted by Crippen LogP contribution is 2.10. The molecule has 5 heteroatoms. The molecule has 5 nitrogen and oxygen atoms in total. The summed E-state index contributed by atoms with van der Waals surface area (Å²) in [5.74, 6) is -0.333. The Hall–Kier alpha value is -1.52. The van der Waals surface area contributed by atoms with Gasteiger partial charge >= 0.3 is 6.03 Å². The number of carbonyl (C=O) groups is 2. The van der Waals surface area contributed by atoms with Crippen LogP contribution in [0.5, 0.6) is 0 Å². The molecule has 14 heavy (non-hydrogen) atoms. The molecule has 0 atom stereocenters. The minimum atomic E-state index is -0.432. The van der Waals surface area contributed by atoms with Crippen LogP contribution in [0.4, 0.5) is 4.79 Å². The van der Waals surface area contributed by atoms with Gasteiger partial charge in [0.1, 0.15) is 5.70 Å². The molecule has 2 heterocycles. The number of rotatable bonds is 1. The third-order valence-corrected chi connectivity index (χ3v) is 2.42. The predicted molar refractivity (Wildman–Crippen MR) is 50.2 cm³/mol. The molecular formula is C9H13N3O2. The van der Waals surface area contributed by atoms with Gasteiger partial charge in [-0.15, -0.1) is 0 Å². The van der Waals surface area contributed by atoms with E-state index in [0.29, 0.717) is 5.70 Å². The number of hydrogen-bond donors (Lipinski definition) is 2. The van der Waals surface area contributed by atoms with Crippen molar-refractivity contribution in [2.24, 2.45) is 0 Å². The molecular weight excluding hydrogens is 182 g/mol. The number of carbonyl (C=O) groups excluding carboxylic acids is 2. The van der Waals surface area contributed by atoms with E-state index >= 15 is 0 Å². The van der Waals surface area contributed by atoms with Crippen LogP contribution in [-0.4, -0.2) is 29.9 Å². The normalized spacial score (nSPS) is 25.1. The van der Waals surface area contributed by atoms with Crippen molar-refractivity contribution < 1.29 is 9.59 Å². The first kappa shape index (κ1) is 9.05. The monoisotopic (exact) mass is 195 g/mol. The van der Waals surface area contributed by atoms with Crippen LogP contribution in [-0.2, 0) is 4.79 Å². The minimum Gasteiger partial charge on any atom is -0.376 e. The SMILES string of the molecule is O=C1NC(=O)/C(=C/N2CCCCC2)N1. The lowest BCUT2D eigenvalue weighted by molar-refractivity contribution is -0.115. The molecule has 0 aliphatic carbocycles.